The lowest BCUT2D eigenvalue weighted by Gasteiger charge is -2.21. The standard InChI is InChI=1S/C19H22N2O5/c1-12-16(13(2)26-20-12)11-25-15-7-5-14(6-8-15)10-18(22)21-9-3-4-17(21)19(23)24/h5-8,17H,3-4,9-11H2,1-2H3,(H,23,24)/t17-/m1/s1. The molecule has 0 radical (unpaired) electrons. The summed E-state index contributed by atoms with van der Waals surface area (Å²) in [6.07, 6.45) is 1.45. The molecular weight excluding hydrogens is 336 g/mol. The minimum Gasteiger partial charge on any atom is -0.489 e. The van der Waals surface area contributed by atoms with Crippen molar-refractivity contribution in [2.24, 2.45) is 0 Å². The van der Waals surface area contributed by atoms with Gasteiger partial charge in [0.2, 0.25) is 5.91 Å². The van der Waals surface area contributed by atoms with Gasteiger partial charge in [-0.05, 0) is 44.4 Å². The van der Waals surface area contributed by atoms with Gasteiger partial charge in [0.25, 0.3) is 0 Å². The number of aromatic nitrogens is 1. The Hall–Kier alpha value is -2.83. The molecule has 2 aromatic rings. The summed E-state index contributed by atoms with van der Waals surface area (Å²) in [6.45, 7) is 4.59. The second-order valence-corrected chi connectivity index (χ2v) is 6.50. The van der Waals surface area contributed by atoms with Crippen LogP contribution in [0.25, 0.3) is 0 Å². The van der Waals surface area contributed by atoms with Crippen LogP contribution in [-0.2, 0) is 22.6 Å². The van der Waals surface area contributed by atoms with E-state index in [9.17, 15) is 14.7 Å². The molecular formula is C19H22N2O5. The van der Waals surface area contributed by atoms with Gasteiger partial charge in [0, 0.05) is 6.54 Å². The second kappa shape index (κ2) is 7.59. The number of aryl methyl sites for hydroxylation is 2. The molecule has 1 saturated heterocycles. The van der Waals surface area contributed by atoms with E-state index in [4.69, 9.17) is 9.26 Å². The number of carbonyl (C=O) groups excluding carboxylic acids is 1. The molecule has 0 bridgehead atoms. The number of hydrogen-bond acceptors (Lipinski definition) is 5. The Bertz CT molecular complexity index is 777. The molecule has 1 aliphatic heterocycles. The van der Waals surface area contributed by atoms with E-state index in [0.29, 0.717) is 25.3 Å². The molecule has 1 fully saturated rings. The smallest absolute Gasteiger partial charge is 0.326 e. The number of benzene rings is 1. The first-order valence-corrected chi connectivity index (χ1v) is 8.61. The highest BCUT2D eigenvalue weighted by atomic mass is 16.5. The molecule has 0 aliphatic carbocycles. The molecule has 0 unspecified atom stereocenters. The van der Waals surface area contributed by atoms with Crippen LogP contribution in [0, 0.1) is 13.8 Å². The molecule has 1 amide bonds. The van der Waals surface area contributed by atoms with Gasteiger partial charge in [0.15, 0.2) is 0 Å². The van der Waals surface area contributed by atoms with Gasteiger partial charge in [0.1, 0.15) is 24.2 Å². The number of rotatable bonds is 6. The van der Waals surface area contributed by atoms with Gasteiger partial charge in [-0.15, -0.1) is 0 Å². The fourth-order valence-electron chi connectivity index (χ4n) is 3.17. The summed E-state index contributed by atoms with van der Waals surface area (Å²) >= 11 is 0. The number of carboxylic acids is 1. The minimum absolute atomic E-state index is 0.153. The van der Waals surface area contributed by atoms with Gasteiger partial charge in [-0.3, -0.25) is 4.79 Å². The molecule has 0 saturated carbocycles. The van der Waals surface area contributed by atoms with E-state index >= 15 is 0 Å². The van der Waals surface area contributed by atoms with Gasteiger partial charge in [-0.2, -0.15) is 0 Å². The lowest BCUT2D eigenvalue weighted by molar-refractivity contribution is -0.148. The van der Waals surface area contributed by atoms with Crippen LogP contribution in [0.1, 0.15) is 35.4 Å². The summed E-state index contributed by atoms with van der Waals surface area (Å²) < 4.78 is 10.9. The highest BCUT2D eigenvalue weighted by Crippen LogP contribution is 2.21. The predicted octanol–water partition coefficient (Wildman–Crippen LogP) is 2.49. The van der Waals surface area contributed by atoms with Crippen molar-refractivity contribution >= 4 is 11.9 Å². The summed E-state index contributed by atoms with van der Waals surface area (Å²) in [4.78, 5) is 25.1. The highest BCUT2D eigenvalue weighted by Gasteiger charge is 2.33. The third kappa shape index (κ3) is 3.87. The van der Waals surface area contributed by atoms with Gasteiger partial charge in [-0.1, -0.05) is 17.3 Å². The first-order chi connectivity index (χ1) is 12.5. The van der Waals surface area contributed by atoms with Crippen LogP contribution >= 0.6 is 0 Å². The van der Waals surface area contributed by atoms with E-state index in [1.807, 2.05) is 26.0 Å². The maximum Gasteiger partial charge on any atom is 0.326 e. The monoisotopic (exact) mass is 358 g/mol. The predicted molar refractivity (Wildman–Crippen MR) is 92.8 cm³/mol. The van der Waals surface area contributed by atoms with E-state index in [2.05, 4.69) is 5.16 Å². The molecule has 2 heterocycles. The van der Waals surface area contributed by atoms with Gasteiger partial charge < -0.3 is 19.3 Å². The zero-order chi connectivity index (χ0) is 18.7. The Morgan fingerprint density at radius 3 is 2.65 bits per heavy atom. The molecule has 3 rings (SSSR count). The SMILES string of the molecule is Cc1noc(C)c1COc1ccc(CC(=O)N2CCC[C@@H]2C(=O)O)cc1. The number of ether oxygens (including phenoxy) is 1. The summed E-state index contributed by atoms with van der Waals surface area (Å²) in [5.41, 5.74) is 2.57. The average Bonchev–Trinajstić information content (AvgIpc) is 3.22. The van der Waals surface area contributed by atoms with Crippen LogP contribution in [0.3, 0.4) is 0 Å². The second-order valence-electron chi connectivity index (χ2n) is 6.50. The maximum absolute atomic E-state index is 12.4. The third-order valence-corrected chi connectivity index (χ3v) is 4.70. The first kappa shape index (κ1) is 18.0. The molecule has 1 aromatic heterocycles. The molecule has 7 nitrogen and oxygen atoms in total. The average molecular weight is 358 g/mol. The van der Waals surface area contributed by atoms with E-state index in [1.165, 1.54) is 4.90 Å². The van der Waals surface area contributed by atoms with E-state index in [-0.39, 0.29) is 12.3 Å². The Balaban J connectivity index is 1.57. The number of aliphatic carboxylic acids is 1. The lowest BCUT2D eigenvalue weighted by atomic mass is 10.1. The Labute approximate surface area is 151 Å². The Morgan fingerprint density at radius 2 is 2.04 bits per heavy atom. The molecule has 1 aromatic carbocycles. The largest absolute Gasteiger partial charge is 0.489 e. The number of carbonyl (C=O) groups is 2. The number of nitrogens with zero attached hydrogens (tertiary/aromatic N) is 2. The van der Waals surface area contributed by atoms with Crippen molar-refractivity contribution in [2.45, 2.75) is 45.8 Å². The van der Waals surface area contributed by atoms with Gasteiger partial charge in [0.05, 0.1) is 17.7 Å². The number of amides is 1. The summed E-state index contributed by atoms with van der Waals surface area (Å²) in [6, 6.07) is 6.57. The van der Waals surface area contributed by atoms with Crippen molar-refractivity contribution in [3.05, 3.63) is 46.8 Å². The number of carboxylic acid groups (broad SMARTS) is 1. The van der Waals surface area contributed by atoms with Crippen LogP contribution in [0.5, 0.6) is 5.75 Å². The van der Waals surface area contributed by atoms with Crippen molar-refractivity contribution in [1.29, 1.82) is 0 Å². The van der Waals surface area contributed by atoms with Crippen molar-refractivity contribution < 1.29 is 24.0 Å². The van der Waals surface area contributed by atoms with Crippen LogP contribution in [0.4, 0.5) is 0 Å². The fourth-order valence-corrected chi connectivity index (χ4v) is 3.17. The zero-order valence-corrected chi connectivity index (χ0v) is 14.9. The number of likely N-dealkylation sites (tertiary alicyclic amines) is 1. The minimum atomic E-state index is -0.932. The molecule has 0 spiro atoms. The summed E-state index contributed by atoms with van der Waals surface area (Å²) in [7, 11) is 0. The van der Waals surface area contributed by atoms with Crippen molar-refractivity contribution in [3.8, 4) is 5.75 Å². The number of hydrogen-bond donors (Lipinski definition) is 1. The van der Waals surface area contributed by atoms with Crippen molar-refractivity contribution in [1.82, 2.24) is 10.1 Å². The van der Waals surface area contributed by atoms with Gasteiger partial charge in [-0.25, -0.2) is 4.79 Å². The van der Waals surface area contributed by atoms with Crippen LogP contribution in [0.15, 0.2) is 28.8 Å². The van der Waals surface area contributed by atoms with E-state index < -0.39 is 12.0 Å². The molecule has 7 heteroatoms. The lowest BCUT2D eigenvalue weighted by Crippen LogP contribution is -2.41. The van der Waals surface area contributed by atoms with Gasteiger partial charge >= 0.3 is 5.97 Å². The molecule has 26 heavy (non-hydrogen) atoms. The molecule has 1 aliphatic rings. The Morgan fingerprint density at radius 1 is 1.31 bits per heavy atom. The fraction of sp³-hybridized carbons (Fsp3) is 0.421. The van der Waals surface area contributed by atoms with Crippen LogP contribution < -0.4 is 4.74 Å². The van der Waals surface area contributed by atoms with Crippen molar-refractivity contribution in [2.75, 3.05) is 6.54 Å². The molecule has 1 atom stereocenters. The van der Waals surface area contributed by atoms with Crippen LogP contribution in [0.2, 0.25) is 0 Å². The third-order valence-electron chi connectivity index (χ3n) is 4.70. The first-order valence-electron chi connectivity index (χ1n) is 8.61. The summed E-state index contributed by atoms with van der Waals surface area (Å²) in [5, 5.41) is 13.1. The molecule has 1 N–H and O–H groups in total. The zero-order valence-electron chi connectivity index (χ0n) is 14.9. The highest BCUT2D eigenvalue weighted by molar-refractivity contribution is 5.85. The molecule has 138 valence electrons. The maximum atomic E-state index is 12.4. The normalized spacial score (nSPS) is 16.7. The van der Waals surface area contributed by atoms with E-state index in [1.54, 1.807) is 12.1 Å². The summed E-state index contributed by atoms with van der Waals surface area (Å²) in [5.74, 6) is 0.340. The van der Waals surface area contributed by atoms with E-state index in [0.717, 1.165) is 29.0 Å². The quantitative estimate of drug-likeness (QED) is 0.853. The van der Waals surface area contributed by atoms with Crippen molar-refractivity contribution in [3.63, 3.8) is 0 Å². The Kier molecular flexibility index (Phi) is 5.25. The van der Waals surface area contributed by atoms with Crippen LogP contribution in [-0.4, -0.2) is 39.6 Å². The topological polar surface area (TPSA) is 92.9 Å².